The van der Waals surface area contributed by atoms with Gasteiger partial charge in [0, 0.05) is 24.8 Å². The maximum atomic E-state index is 5.87. The Morgan fingerprint density at radius 3 is 2.00 bits per heavy atom. The van der Waals surface area contributed by atoms with E-state index in [0.29, 0.717) is 0 Å². The first kappa shape index (κ1) is 12.4. The maximum Gasteiger partial charge on any atom is 0.0366 e. The standard InChI is InChI=1S/C15H24N2/c1-13(16)14-7-9-15(10-8-14)17-11-5-3-2-4-6-12-17/h7-10,13H,2-6,11-12,16H2,1H3/t13-/m1/s1. The van der Waals surface area contributed by atoms with Crippen LogP contribution in [0.4, 0.5) is 5.69 Å². The van der Waals surface area contributed by atoms with E-state index in [1.165, 1.54) is 56.4 Å². The Morgan fingerprint density at radius 2 is 1.47 bits per heavy atom. The molecule has 1 aromatic carbocycles. The van der Waals surface area contributed by atoms with Crippen LogP contribution in [0.25, 0.3) is 0 Å². The summed E-state index contributed by atoms with van der Waals surface area (Å²) in [4.78, 5) is 2.52. The predicted molar refractivity (Wildman–Crippen MR) is 74.3 cm³/mol. The van der Waals surface area contributed by atoms with E-state index in [0.717, 1.165) is 0 Å². The van der Waals surface area contributed by atoms with Crippen molar-refractivity contribution in [2.75, 3.05) is 18.0 Å². The average Bonchev–Trinajstić information content (AvgIpc) is 2.29. The summed E-state index contributed by atoms with van der Waals surface area (Å²) in [5, 5.41) is 0. The molecule has 2 heteroatoms. The van der Waals surface area contributed by atoms with Crippen LogP contribution in [0.1, 0.15) is 50.6 Å². The molecular formula is C15H24N2. The largest absolute Gasteiger partial charge is 0.372 e. The molecule has 2 nitrogen and oxygen atoms in total. The van der Waals surface area contributed by atoms with E-state index in [1.54, 1.807) is 0 Å². The SMILES string of the molecule is C[C@@H](N)c1ccc(N2CCCCCCC2)cc1. The molecule has 0 aromatic heterocycles. The summed E-state index contributed by atoms with van der Waals surface area (Å²) in [5.41, 5.74) is 8.45. The molecule has 0 radical (unpaired) electrons. The molecule has 2 N–H and O–H groups in total. The zero-order valence-electron chi connectivity index (χ0n) is 10.9. The molecule has 0 unspecified atom stereocenters. The topological polar surface area (TPSA) is 29.3 Å². The molecule has 0 spiro atoms. The van der Waals surface area contributed by atoms with Crippen molar-refractivity contribution in [3.63, 3.8) is 0 Å². The first-order valence-corrected chi connectivity index (χ1v) is 6.88. The zero-order chi connectivity index (χ0) is 12.1. The molecule has 1 saturated heterocycles. The van der Waals surface area contributed by atoms with Crippen molar-refractivity contribution in [1.29, 1.82) is 0 Å². The van der Waals surface area contributed by atoms with Crippen LogP contribution in [-0.2, 0) is 0 Å². The monoisotopic (exact) mass is 232 g/mol. The lowest BCUT2D eigenvalue weighted by atomic mass is 10.1. The number of hydrogen-bond donors (Lipinski definition) is 1. The molecule has 2 rings (SSSR count). The van der Waals surface area contributed by atoms with E-state index in [1.807, 2.05) is 6.92 Å². The average molecular weight is 232 g/mol. The number of hydrogen-bond acceptors (Lipinski definition) is 2. The minimum atomic E-state index is 0.136. The third-order valence-electron chi connectivity index (χ3n) is 3.64. The van der Waals surface area contributed by atoms with Crippen LogP contribution in [0.3, 0.4) is 0 Å². The van der Waals surface area contributed by atoms with Crippen LogP contribution in [-0.4, -0.2) is 13.1 Å². The normalized spacial score (nSPS) is 19.5. The van der Waals surface area contributed by atoms with Crippen LogP contribution < -0.4 is 10.6 Å². The molecule has 0 aliphatic carbocycles. The Labute approximate surface area is 105 Å². The number of anilines is 1. The first-order valence-electron chi connectivity index (χ1n) is 6.88. The summed E-state index contributed by atoms with van der Waals surface area (Å²) >= 11 is 0. The summed E-state index contributed by atoms with van der Waals surface area (Å²) in [6.07, 6.45) is 6.84. The molecule has 1 fully saturated rings. The highest BCUT2D eigenvalue weighted by atomic mass is 15.1. The molecule has 0 bridgehead atoms. The molecule has 1 aliphatic heterocycles. The maximum absolute atomic E-state index is 5.87. The number of nitrogens with zero attached hydrogens (tertiary/aromatic N) is 1. The van der Waals surface area contributed by atoms with Crippen molar-refractivity contribution in [3.05, 3.63) is 29.8 Å². The Bertz CT molecular complexity index is 321. The lowest BCUT2D eigenvalue weighted by Crippen LogP contribution is -2.26. The third-order valence-corrected chi connectivity index (χ3v) is 3.64. The van der Waals surface area contributed by atoms with Gasteiger partial charge in [0.2, 0.25) is 0 Å². The van der Waals surface area contributed by atoms with Crippen molar-refractivity contribution in [3.8, 4) is 0 Å². The van der Waals surface area contributed by atoms with Gasteiger partial charge in [-0.05, 0) is 37.5 Å². The van der Waals surface area contributed by atoms with Crippen LogP contribution in [0.15, 0.2) is 24.3 Å². The number of benzene rings is 1. The predicted octanol–water partition coefficient (Wildman–Crippen LogP) is 3.48. The minimum absolute atomic E-state index is 0.136. The highest BCUT2D eigenvalue weighted by Gasteiger charge is 2.09. The van der Waals surface area contributed by atoms with Crippen molar-refractivity contribution in [1.82, 2.24) is 0 Å². The van der Waals surface area contributed by atoms with Gasteiger partial charge in [-0.1, -0.05) is 31.4 Å². The van der Waals surface area contributed by atoms with Crippen molar-refractivity contribution >= 4 is 5.69 Å². The molecular weight excluding hydrogens is 208 g/mol. The molecule has 1 atom stereocenters. The van der Waals surface area contributed by atoms with E-state index >= 15 is 0 Å². The summed E-state index contributed by atoms with van der Waals surface area (Å²) in [7, 11) is 0. The molecule has 1 heterocycles. The summed E-state index contributed by atoms with van der Waals surface area (Å²) < 4.78 is 0. The van der Waals surface area contributed by atoms with Crippen LogP contribution in [0.2, 0.25) is 0 Å². The fourth-order valence-corrected chi connectivity index (χ4v) is 2.49. The fraction of sp³-hybridized carbons (Fsp3) is 0.600. The quantitative estimate of drug-likeness (QED) is 0.846. The Balaban J connectivity index is 2.04. The van der Waals surface area contributed by atoms with Gasteiger partial charge in [0.05, 0.1) is 0 Å². The second-order valence-electron chi connectivity index (χ2n) is 5.14. The van der Waals surface area contributed by atoms with Gasteiger partial charge in [0.25, 0.3) is 0 Å². The van der Waals surface area contributed by atoms with Crippen molar-refractivity contribution < 1.29 is 0 Å². The molecule has 17 heavy (non-hydrogen) atoms. The molecule has 1 aromatic rings. The Kier molecular flexibility index (Phi) is 4.43. The van der Waals surface area contributed by atoms with Crippen LogP contribution in [0.5, 0.6) is 0 Å². The van der Waals surface area contributed by atoms with Gasteiger partial charge in [-0.25, -0.2) is 0 Å². The second kappa shape index (κ2) is 6.06. The van der Waals surface area contributed by atoms with Crippen LogP contribution in [0, 0.1) is 0 Å². The van der Waals surface area contributed by atoms with E-state index in [2.05, 4.69) is 29.2 Å². The van der Waals surface area contributed by atoms with Gasteiger partial charge in [0.1, 0.15) is 0 Å². The van der Waals surface area contributed by atoms with E-state index in [9.17, 15) is 0 Å². The highest BCUT2D eigenvalue weighted by molar-refractivity contribution is 5.48. The Morgan fingerprint density at radius 1 is 0.941 bits per heavy atom. The lowest BCUT2D eigenvalue weighted by molar-refractivity contribution is 0.556. The summed E-state index contributed by atoms with van der Waals surface area (Å²) in [6.45, 7) is 4.44. The summed E-state index contributed by atoms with van der Waals surface area (Å²) in [6, 6.07) is 8.91. The van der Waals surface area contributed by atoms with Crippen molar-refractivity contribution in [2.45, 2.75) is 45.1 Å². The van der Waals surface area contributed by atoms with E-state index in [4.69, 9.17) is 5.73 Å². The van der Waals surface area contributed by atoms with Gasteiger partial charge in [-0.15, -0.1) is 0 Å². The van der Waals surface area contributed by atoms with Crippen LogP contribution >= 0.6 is 0 Å². The number of nitrogens with two attached hydrogens (primary N) is 1. The van der Waals surface area contributed by atoms with Gasteiger partial charge in [0.15, 0.2) is 0 Å². The van der Waals surface area contributed by atoms with Crippen molar-refractivity contribution in [2.24, 2.45) is 5.73 Å². The fourth-order valence-electron chi connectivity index (χ4n) is 2.49. The third kappa shape index (κ3) is 3.47. The molecule has 0 saturated carbocycles. The molecule has 0 amide bonds. The smallest absolute Gasteiger partial charge is 0.0366 e. The van der Waals surface area contributed by atoms with Gasteiger partial charge in [-0.2, -0.15) is 0 Å². The lowest BCUT2D eigenvalue weighted by Gasteiger charge is -2.27. The van der Waals surface area contributed by atoms with Gasteiger partial charge >= 0.3 is 0 Å². The highest BCUT2D eigenvalue weighted by Crippen LogP contribution is 2.21. The number of rotatable bonds is 2. The first-order chi connectivity index (χ1) is 8.27. The zero-order valence-corrected chi connectivity index (χ0v) is 10.9. The molecule has 1 aliphatic rings. The van der Waals surface area contributed by atoms with E-state index in [-0.39, 0.29) is 6.04 Å². The summed E-state index contributed by atoms with van der Waals surface area (Å²) in [5.74, 6) is 0. The minimum Gasteiger partial charge on any atom is -0.372 e. The van der Waals surface area contributed by atoms with Gasteiger partial charge < -0.3 is 10.6 Å². The Hall–Kier alpha value is -1.02. The second-order valence-corrected chi connectivity index (χ2v) is 5.14. The van der Waals surface area contributed by atoms with Gasteiger partial charge in [-0.3, -0.25) is 0 Å². The van der Waals surface area contributed by atoms with E-state index < -0.39 is 0 Å². The molecule has 94 valence electrons.